The van der Waals surface area contributed by atoms with E-state index in [2.05, 4.69) is 42.3 Å². The van der Waals surface area contributed by atoms with Crippen LogP contribution in [-0.2, 0) is 0 Å². The molecule has 0 aliphatic carbocycles. The molecule has 1 saturated heterocycles. The highest BCUT2D eigenvalue weighted by atomic mass is 32.2. The Morgan fingerprint density at radius 2 is 2.11 bits per heavy atom. The zero-order valence-corrected chi connectivity index (χ0v) is 13.3. The molecule has 0 amide bonds. The Kier molecular flexibility index (Phi) is 5.25. The average Bonchev–Trinajstić information content (AvgIpc) is 2.39. The smallest absolute Gasteiger partial charge is 0.0948 e. The minimum absolute atomic E-state index is 0.0913. The van der Waals surface area contributed by atoms with Gasteiger partial charge in [-0.3, -0.25) is 4.90 Å². The van der Waals surface area contributed by atoms with E-state index < -0.39 is 0 Å². The van der Waals surface area contributed by atoms with Crippen molar-refractivity contribution in [3.63, 3.8) is 0 Å². The van der Waals surface area contributed by atoms with Gasteiger partial charge >= 0.3 is 0 Å². The normalized spacial score (nSPS) is 22.1. The van der Waals surface area contributed by atoms with Crippen LogP contribution in [0.5, 0.6) is 0 Å². The number of benzene rings is 1. The summed E-state index contributed by atoms with van der Waals surface area (Å²) in [5.74, 6) is 0.732. The van der Waals surface area contributed by atoms with Gasteiger partial charge in [-0.05, 0) is 49.3 Å². The van der Waals surface area contributed by atoms with Gasteiger partial charge in [-0.25, -0.2) is 0 Å². The fourth-order valence-corrected chi connectivity index (χ4v) is 3.49. The number of rotatable bonds is 4. The number of likely N-dealkylation sites (tertiary alicyclic amines) is 1. The molecule has 1 aromatic rings. The van der Waals surface area contributed by atoms with E-state index in [1.807, 2.05) is 0 Å². The Morgan fingerprint density at radius 1 is 1.42 bits per heavy atom. The second kappa shape index (κ2) is 6.73. The molecule has 1 aliphatic heterocycles. The molecule has 2 rings (SSSR count). The zero-order chi connectivity index (χ0) is 13.8. The van der Waals surface area contributed by atoms with E-state index in [0.29, 0.717) is 4.99 Å². The fraction of sp³-hybridized carbons (Fsp3) is 0.533. The molecule has 1 heterocycles. The molecule has 1 fully saturated rings. The molecular formula is C15H22N2S2. The highest BCUT2D eigenvalue weighted by molar-refractivity contribution is 7.98. The summed E-state index contributed by atoms with van der Waals surface area (Å²) < 4.78 is 0. The molecule has 0 bridgehead atoms. The number of piperidine rings is 1. The van der Waals surface area contributed by atoms with Gasteiger partial charge in [-0.15, -0.1) is 11.8 Å². The van der Waals surface area contributed by atoms with Gasteiger partial charge < -0.3 is 5.73 Å². The number of hydrogen-bond acceptors (Lipinski definition) is 3. The average molecular weight is 294 g/mol. The number of thiocarbonyl (C=S) groups is 1. The van der Waals surface area contributed by atoms with Gasteiger partial charge in [-0.1, -0.05) is 31.3 Å². The number of nitrogens with zero attached hydrogens (tertiary/aromatic N) is 1. The van der Waals surface area contributed by atoms with Gasteiger partial charge in [0.1, 0.15) is 0 Å². The van der Waals surface area contributed by atoms with E-state index in [1.165, 1.54) is 23.3 Å². The lowest BCUT2D eigenvalue weighted by molar-refractivity contribution is 0.162. The molecule has 4 heteroatoms. The highest BCUT2D eigenvalue weighted by Crippen LogP contribution is 2.28. The molecule has 104 valence electrons. The summed E-state index contributed by atoms with van der Waals surface area (Å²) in [5.41, 5.74) is 7.22. The Bertz CT molecular complexity index is 430. The predicted octanol–water partition coefficient (Wildman–Crippen LogP) is 3.47. The van der Waals surface area contributed by atoms with Crippen molar-refractivity contribution >= 4 is 29.0 Å². The highest BCUT2D eigenvalue weighted by Gasteiger charge is 2.26. The molecule has 0 spiro atoms. The standard InChI is InChI=1S/C15H22N2S2/c1-11-4-3-9-17(10-11)14(15(16)18)12-5-7-13(19-2)8-6-12/h5-8,11,14H,3-4,9-10H2,1-2H3,(H2,16,18). The van der Waals surface area contributed by atoms with Crippen LogP contribution in [0, 0.1) is 5.92 Å². The third-order valence-corrected chi connectivity index (χ3v) is 4.72. The molecular weight excluding hydrogens is 272 g/mol. The number of hydrogen-bond donors (Lipinski definition) is 1. The van der Waals surface area contributed by atoms with Gasteiger partial charge in [0.15, 0.2) is 0 Å². The maximum atomic E-state index is 6.00. The maximum Gasteiger partial charge on any atom is 0.0948 e. The third kappa shape index (κ3) is 3.71. The van der Waals surface area contributed by atoms with Crippen LogP contribution in [0.25, 0.3) is 0 Å². The molecule has 0 aromatic heterocycles. The van der Waals surface area contributed by atoms with Crippen molar-refractivity contribution in [2.24, 2.45) is 11.7 Å². The van der Waals surface area contributed by atoms with Gasteiger partial charge in [0, 0.05) is 11.4 Å². The lowest BCUT2D eigenvalue weighted by Gasteiger charge is -2.37. The van der Waals surface area contributed by atoms with E-state index in [4.69, 9.17) is 18.0 Å². The summed E-state index contributed by atoms with van der Waals surface area (Å²) in [6.07, 6.45) is 4.64. The van der Waals surface area contributed by atoms with Crippen LogP contribution < -0.4 is 5.73 Å². The summed E-state index contributed by atoms with van der Waals surface area (Å²) in [6.45, 7) is 4.49. The SMILES string of the molecule is CSc1ccc(C(C(N)=S)N2CCCC(C)C2)cc1. The summed E-state index contributed by atoms with van der Waals surface area (Å²) in [6, 6.07) is 8.72. The minimum Gasteiger partial charge on any atom is -0.392 e. The molecule has 2 N–H and O–H groups in total. The van der Waals surface area contributed by atoms with Crippen LogP contribution in [0.4, 0.5) is 0 Å². The van der Waals surface area contributed by atoms with Crippen LogP contribution in [0.15, 0.2) is 29.2 Å². The molecule has 0 radical (unpaired) electrons. The first-order chi connectivity index (χ1) is 9.11. The monoisotopic (exact) mass is 294 g/mol. The molecule has 1 aromatic carbocycles. The molecule has 2 unspecified atom stereocenters. The van der Waals surface area contributed by atoms with E-state index >= 15 is 0 Å². The van der Waals surface area contributed by atoms with E-state index in [-0.39, 0.29) is 6.04 Å². The van der Waals surface area contributed by atoms with Crippen molar-refractivity contribution in [1.82, 2.24) is 4.90 Å². The molecule has 1 aliphatic rings. The van der Waals surface area contributed by atoms with Gasteiger partial charge in [0.25, 0.3) is 0 Å². The lowest BCUT2D eigenvalue weighted by atomic mass is 9.96. The third-order valence-electron chi connectivity index (χ3n) is 3.75. The van der Waals surface area contributed by atoms with E-state index in [0.717, 1.165) is 19.0 Å². The van der Waals surface area contributed by atoms with Gasteiger partial charge in [0.05, 0.1) is 11.0 Å². The van der Waals surface area contributed by atoms with Crippen LogP contribution in [0.1, 0.15) is 31.4 Å². The van der Waals surface area contributed by atoms with Crippen LogP contribution in [0.2, 0.25) is 0 Å². The number of thioether (sulfide) groups is 1. The first kappa shape index (κ1) is 14.8. The quantitative estimate of drug-likeness (QED) is 0.680. The van der Waals surface area contributed by atoms with Crippen molar-refractivity contribution in [1.29, 1.82) is 0 Å². The van der Waals surface area contributed by atoms with Crippen molar-refractivity contribution in [2.75, 3.05) is 19.3 Å². The summed E-state index contributed by atoms with van der Waals surface area (Å²) in [4.78, 5) is 4.30. The van der Waals surface area contributed by atoms with Crippen molar-refractivity contribution in [3.05, 3.63) is 29.8 Å². The minimum atomic E-state index is 0.0913. The largest absolute Gasteiger partial charge is 0.392 e. The molecule has 19 heavy (non-hydrogen) atoms. The lowest BCUT2D eigenvalue weighted by Crippen LogP contribution is -2.42. The predicted molar refractivity (Wildman–Crippen MR) is 87.7 cm³/mol. The second-order valence-electron chi connectivity index (χ2n) is 5.32. The summed E-state index contributed by atoms with van der Waals surface area (Å²) in [5, 5.41) is 0. The van der Waals surface area contributed by atoms with Crippen LogP contribution in [0.3, 0.4) is 0 Å². The van der Waals surface area contributed by atoms with Crippen molar-refractivity contribution < 1.29 is 0 Å². The maximum absolute atomic E-state index is 6.00. The molecule has 2 nitrogen and oxygen atoms in total. The Balaban J connectivity index is 2.21. The van der Waals surface area contributed by atoms with Gasteiger partial charge in [0.2, 0.25) is 0 Å². The first-order valence-corrected chi connectivity index (χ1v) is 8.42. The van der Waals surface area contributed by atoms with E-state index in [1.54, 1.807) is 11.8 Å². The van der Waals surface area contributed by atoms with Crippen molar-refractivity contribution in [3.8, 4) is 0 Å². The Labute approximate surface area is 125 Å². The first-order valence-electron chi connectivity index (χ1n) is 6.79. The van der Waals surface area contributed by atoms with E-state index in [9.17, 15) is 0 Å². The van der Waals surface area contributed by atoms with Crippen LogP contribution in [-0.4, -0.2) is 29.2 Å². The summed E-state index contributed by atoms with van der Waals surface area (Å²) >= 11 is 7.07. The Morgan fingerprint density at radius 3 is 2.63 bits per heavy atom. The Hall–Kier alpha value is -0.580. The molecule has 2 atom stereocenters. The second-order valence-corrected chi connectivity index (χ2v) is 6.67. The fourth-order valence-electron chi connectivity index (χ4n) is 2.80. The number of nitrogens with two attached hydrogens (primary N) is 1. The van der Waals surface area contributed by atoms with Gasteiger partial charge in [-0.2, -0.15) is 0 Å². The van der Waals surface area contributed by atoms with Crippen LogP contribution >= 0.6 is 24.0 Å². The topological polar surface area (TPSA) is 29.3 Å². The van der Waals surface area contributed by atoms with Crippen molar-refractivity contribution in [2.45, 2.75) is 30.7 Å². The zero-order valence-electron chi connectivity index (χ0n) is 11.6. The molecule has 0 saturated carbocycles. The summed E-state index contributed by atoms with van der Waals surface area (Å²) in [7, 11) is 0.